The molecule has 2 fully saturated rings. The second kappa shape index (κ2) is 10.9. The molecule has 1 aromatic heterocycles. The Morgan fingerprint density at radius 2 is 1.82 bits per heavy atom. The van der Waals surface area contributed by atoms with Crippen molar-refractivity contribution in [2.75, 3.05) is 50.8 Å². The Bertz CT molecular complexity index is 962. The van der Waals surface area contributed by atoms with Crippen LogP contribution < -0.4 is 10.2 Å². The Kier molecular flexibility index (Phi) is 7.95. The van der Waals surface area contributed by atoms with Crippen LogP contribution in [-0.2, 0) is 15.7 Å². The van der Waals surface area contributed by atoms with Gasteiger partial charge < -0.3 is 15.0 Å². The Hall–Kier alpha value is -2.36. The number of morpholine rings is 1. The third kappa shape index (κ3) is 6.20. The number of anilines is 1. The SMILES string of the molecule is O=C(NC(CN1CCOCC1)c1ccccc1)C1CCN(c2ncc(C(F)(F)F)cc2Cl)CC1. The Morgan fingerprint density at radius 3 is 2.44 bits per heavy atom. The molecular formula is C24H28ClF3N4O2. The lowest BCUT2D eigenvalue weighted by atomic mass is 9.94. The quantitative estimate of drug-likeness (QED) is 0.651. The van der Waals surface area contributed by atoms with Gasteiger partial charge in [-0.2, -0.15) is 13.2 Å². The number of pyridine rings is 1. The van der Waals surface area contributed by atoms with E-state index in [-0.39, 0.29) is 22.9 Å². The Labute approximate surface area is 202 Å². The molecular weight excluding hydrogens is 469 g/mol. The number of carbonyl (C=O) groups is 1. The molecule has 0 spiro atoms. The van der Waals surface area contributed by atoms with Crippen molar-refractivity contribution in [1.29, 1.82) is 0 Å². The highest BCUT2D eigenvalue weighted by atomic mass is 35.5. The smallest absolute Gasteiger partial charge is 0.379 e. The molecule has 0 aliphatic carbocycles. The van der Waals surface area contributed by atoms with Crippen molar-refractivity contribution in [2.24, 2.45) is 5.92 Å². The van der Waals surface area contributed by atoms with E-state index in [1.165, 1.54) is 0 Å². The summed E-state index contributed by atoms with van der Waals surface area (Å²) in [6.45, 7) is 4.74. The number of nitrogens with one attached hydrogen (secondary N) is 1. The van der Waals surface area contributed by atoms with Crippen molar-refractivity contribution >= 4 is 23.3 Å². The summed E-state index contributed by atoms with van der Waals surface area (Å²) in [6.07, 6.45) is -2.54. The molecule has 2 aliphatic heterocycles. The molecule has 1 N–H and O–H groups in total. The van der Waals surface area contributed by atoms with Crippen LogP contribution in [0.25, 0.3) is 0 Å². The molecule has 2 aliphatic rings. The Morgan fingerprint density at radius 1 is 1.15 bits per heavy atom. The second-order valence-electron chi connectivity index (χ2n) is 8.67. The highest BCUT2D eigenvalue weighted by Crippen LogP contribution is 2.34. The van der Waals surface area contributed by atoms with Gasteiger partial charge in [0.1, 0.15) is 5.82 Å². The monoisotopic (exact) mass is 496 g/mol. The summed E-state index contributed by atoms with van der Waals surface area (Å²) in [5, 5.41) is 3.20. The summed E-state index contributed by atoms with van der Waals surface area (Å²) in [5.41, 5.74) is 0.184. The molecule has 1 aromatic carbocycles. The molecule has 0 bridgehead atoms. The van der Waals surface area contributed by atoms with E-state index in [0.29, 0.717) is 51.5 Å². The topological polar surface area (TPSA) is 57.7 Å². The van der Waals surface area contributed by atoms with Gasteiger partial charge in [0.2, 0.25) is 5.91 Å². The van der Waals surface area contributed by atoms with E-state index in [0.717, 1.165) is 30.9 Å². The van der Waals surface area contributed by atoms with E-state index in [9.17, 15) is 18.0 Å². The van der Waals surface area contributed by atoms with Crippen LogP contribution in [0.4, 0.5) is 19.0 Å². The molecule has 34 heavy (non-hydrogen) atoms. The first kappa shape index (κ1) is 24.8. The number of rotatable bonds is 6. The fraction of sp³-hybridized carbons (Fsp3) is 0.500. The summed E-state index contributed by atoms with van der Waals surface area (Å²) in [5.74, 6) is 0.136. The van der Waals surface area contributed by atoms with Crippen LogP contribution in [0.15, 0.2) is 42.6 Å². The minimum absolute atomic E-state index is 0.00626. The van der Waals surface area contributed by atoms with Gasteiger partial charge in [-0.1, -0.05) is 41.9 Å². The van der Waals surface area contributed by atoms with E-state index in [4.69, 9.17) is 16.3 Å². The number of nitrogens with zero attached hydrogens (tertiary/aromatic N) is 3. The lowest BCUT2D eigenvalue weighted by Gasteiger charge is -2.35. The van der Waals surface area contributed by atoms with Crippen molar-refractivity contribution in [1.82, 2.24) is 15.2 Å². The number of carbonyl (C=O) groups excluding carboxylic acids is 1. The van der Waals surface area contributed by atoms with Gasteiger partial charge in [-0.15, -0.1) is 0 Å². The maximum absolute atomic E-state index is 13.1. The summed E-state index contributed by atoms with van der Waals surface area (Å²) < 4.78 is 44.1. The molecule has 1 amide bonds. The summed E-state index contributed by atoms with van der Waals surface area (Å²) in [6, 6.07) is 10.7. The number of halogens is 4. The minimum atomic E-state index is -4.49. The second-order valence-corrected chi connectivity index (χ2v) is 9.08. The van der Waals surface area contributed by atoms with Gasteiger partial charge in [0, 0.05) is 44.8 Å². The standard InChI is InChI=1S/C24H28ClF3N4O2/c25-20-14-19(24(26,27)28)15-29-22(20)32-8-6-18(7-9-32)23(33)30-21(17-4-2-1-3-5-17)16-31-10-12-34-13-11-31/h1-5,14-15,18,21H,6-13,16H2,(H,30,33). The molecule has 10 heteroatoms. The number of amides is 1. The van der Waals surface area contributed by atoms with Crippen molar-refractivity contribution in [3.63, 3.8) is 0 Å². The van der Waals surface area contributed by atoms with Gasteiger partial charge >= 0.3 is 6.18 Å². The summed E-state index contributed by atoms with van der Waals surface area (Å²) in [7, 11) is 0. The molecule has 3 heterocycles. The predicted octanol–water partition coefficient (Wildman–Crippen LogP) is 4.16. The molecule has 4 rings (SSSR count). The van der Waals surface area contributed by atoms with Crippen molar-refractivity contribution in [3.8, 4) is 0 Å². The largest absolute Gasteiger partial charge is 0.417 e. The van der Waals surface area contributed by atoms with Gasteiger partial charge in [-0.25, -0.2) is 4.98 Å². The van der Waals surface area contributed by atoms with Gasteiger partial charge in [0.05, 0.1) is 29.8 Å². The molecule has 1 atom stereocenters. The van der Waals surface area contributed by atoms with E-state index >= 15 is 0 Å². The highest BCUT2D eigenvalue weighted by Gasteiger charge is 2.33. The summed E-state index contributed by atoms with van der Waals surface area (Å²) in [4.78, 5) is 21.2. The van der Waals surface area contributed by atoms with Crippen LogP contribution >= 0.6 is 11.6 Å². The maximum Gasteiger partial charge on any atom is 0.417 e. The fourth-order valence-electron chi connectivity index (χ4n) is 4.42. The normalized spacial score (nSPS) is 19.1. The Balaban J connectivity index is 1.37. The first-order valence-corrected chi connectivity index (χ1v) is 11.8. The zero-order valence-corrected chi connectivity index (χ0v) is 19.5. The van der Waals surface area contributed by atoms with E-state index in [1.807, 2.05) is 35.2 Å². The first-order valence-electron chi connectivity index (χ1n) is 11.4. The number of benzene rings is 1. The third-order valence-electron chi connectivity index (χ3n) is 6.38. The number of hydrogen-bond acceptors (Lipinski definition) is 5. The van der Waals surface area contributed by atoms with Gasteiger partial charge in [-0.3, -0.25) is 9.69 Å². The lowest BCUT2D eigenvalue weighted by Crippen LogP contribution is -2.46. The minimum Gasteiger partial charge on any atom is -0.379 e. The van der Waals surface area contributed by atoms with Crippen LogP contribution in [0.2, 0.25) is 5.02 Å². The van der Waals surface area contributed by atoms with Crippen LogP contribution in [-0.4, -0.2) is 61.7 Å². The summed E-state index contributed by atoms with van der Waals surface area (Å²) >= 11 is 6.10. The van der Waals surface area contributed by atoms with Crippen molar-refractivity contribution in [2.45, 2.75) is 25.1 Å². The molecule has 6 nitrogen and oxygen atoms in total. The average Bonchev–Trinajstić information content (AvgIpc) is 2.84. The first-order chi connectivity index (χ1) is 16.3. The average molecular weight is 497 g/mol. The van der Waals surface area contributed by atoms with Crippen LogP contribution in [0.1, 0.15) is 30.0 Å². The fourth-order valence-corrected chi connectivity index (χ4v) is 4.71. The third-order valence-corrected chi connectivity index (χ3v) is 6.66. The van der Waals surface area contributed by atoms with Crippen LogP contribution in [0.5, 0.6) is 0 Å². The van der Waals surface area contributed by atoms with Gasteiger partial charge in [0.15, 0.2) is 0 Å². The van der Waals surface area contributed by atoms with Crippen molar-refractivity contribution in [3.05, 3.63) is 58.7 Å². The predicted molar refractivity (Wildman–Crippen MR) is 124 cm³/mol. The van der Waals surface area contributed by atoms with Crippen molar-refractivity contribution < 1.29 is 22.7 Å². The number of piperidine rings is 1. The molecule has 1 unspecified atom stereocenters. The van der Waals surface area contributed by atoms with Gasteiger partial charge in [0.25, 0.3) is 0 Å². The molecule has 0 saturated carbocycles. The molecule has 0 radical (unpaired) electrons. The zero-order valence-electron chi connectivity index (χ0n) is 18.7. The highest BCUT2D eigenvalue weighted by molar-refractivity contribution is 6.33. The lowest BCUT2D eigenvalue weighted by molar-refractivity contribution is -0.137. The number of alkyl halides is 3. The maximum atomic E-state index is 13.1. The van der Waals surface area contributed by atoms with E-state index in [2.05, 4.69) is 15.2 Å². The number of aromatic nitrogens is 1. The van der Waals surface area contributed by atoms with E-state index < -0.39 is 11.7 Å². The van der Waals surface area contributed by atoms with Crippen LogP contribution in [0.3, 0.4) is 0 Å². The molecule has 184 valence electrons. The zero-order chi connectivity index (χ0) is 24.1. The van der Waals surface area contributed by atoms with E-state index in [1.54, 1.807) is 0 Å². The molecule has 2 saturated heterocycles. The van der Waals surface area contributed by atoms with Gasteiger partial charge in [-0.05, 0) is 24.5 Å². The molecule has 2 aromatic rings. The van der Waals surface area contributed by atoms with Crippen LogP contribution in [0, 0.1) is 5.92 Å². The number of ether oxygens (including phenoxy) is 1. The number of hydrogen-bond donors (Lipinski definition) is 1.